The second-order valence-corrected chi connectivity index (χ2v) is 6.48. The van der Waals surface area contributed by atoms with Crippen molar-refractivity contribution in [1.29, 1.82) is 0 Å². The van der Waals surface area contributed by atoms with Gasteiger partial charge >= 0.3 is 0 Å². The summed E-state index contributed by atoms with van der Waals surface area (Å²) in [5.41, 5.74) is 2.87. The van der Waals surface area contributed by atoms with Gasteiger partial charge in [-0.05, 0) is 43.0 Å². The Kier molecular flexibility index (Phi) is 5.26. The number of carbonyl (C=O) groups is 1. The summed E-state index contributed by atoms with van der Waals surface area (Å²) in [6.45, 7) is 3.41. The van der Waals surface area contributed by atoms with E-state index in [-0.39, 0.29) is 12.0 Å². The molecule has 0 bridgehead atoms. The van der Waals surface area contributed by atoms with Gasteiger partial charge in [-0.25, -0.2) is 0 Å². The molecule has 1 aromatic carbocycles. The van der Waals surface area contributed by atoms with Gasteiger partial charge in [-0.3, -0.25) is 9.78 Å². The van der Waals surface area contributed by atoms with Gasteiger partial charge in [0.15, 0.2) is 0 Å². The Bertz CT molecular complexity index is 687. The standard InChI is InChI=1S/C20H24N2O2/c1-15-8-10-21-18(12-15)20(23)22-11-9-19(24-2)17(14-22)13-16-6-4-3-5-7-16/h3-8,10,12,17,19H,9,11,13-14H2,1-2H3/t17-,19+/m1/s1. The summed E-state index contributed by atoms with van der Waals surface area (Å²) in [7, 11) is 1.77. The van der Waals surface area contributed by atoms with Crippen molar-refractivity contribution in [2.75, 3.05) is 20.2 Å². The van der Waals surface area contributed by atoms with Crippen LogP contribution in [0, 0.1) is 12.8 Å². The molecule has 1 saturated heterocycles. The first-order valence-electron chi connectivity index (χ1n) is 8.46. The molecule has 2 aromatic rings. The first-order chi connectivity index (χ1) is 11.7. The van der Waals surface area contributed by atoms with E-state index >= 15 is 0 Å². The zero-order valence-corrected chi connectivity index (χ0v) is 14.3. The van der Waals surface area contributed by atoms with E-state index in [0.29, 0.717) is 18.2 Å². The fourth-order valence-electron chi connectivity index (χ4n) is 3.43. The Morgan fingerprint density at radius 3 is 2.79 bits per heavy atom. The van der Waals surface area contributed by atoms with Crippen LogP contribution in [-0.4, -0.2) is 42.1 Å². The minimum Gasteiger partial charge on any atom is -0.381 e. The van der Waals surface area contributed by atoms with Crippen LogP contribution in [0.2, 0.25) is 0 Å². The number of amides is 1. The maximum Gasteiger partial charge on any atom is 0.272 e. The van der Waals surface area contributed by atoms with E-state index in [0.717, 1.165) is 24.9 Å². The number of aryl methyl sites for hydroxylation is 1. The summed E-state index contributed by atoms with van der Waals surface area (Å²) >= 11 is 0. The van der Waals surface area contributed by atoms with E-state index in [1.54, 1.807) is 13.3 Å². The number of methoxy groups -OCH3 is 1. The maximum atomic E-state index is 12.8. The van der Waals surface area contributed by atoms with Crippen LogP contribution in [0.3, 0.4) is 0 Å². The number of benzene rings is 1. The van der Waals surface area contributed by atoms with Gasteiger partial charge in [0.1, 0.15) is 5.69 Å². The van der Waals surface area contributed by atoms with Crippen molar-refractivity contribution in [3.05, 3.63) is 65.5 Å². The molecular weight excluding hydrogens is 300 g/mol. The topological polar surface area (TPSA) is 42.4 Å². The highest BCUT2D eigenvalue weighted by Crippen LogP contribution is 2.24. The lowest BCUT2D eigenvalue weighted by molar-refractivity contribution is -0.00317. The number of piperidine rings is 1. The first kappa shape index (κ1) is 16.7. The van der Waals surface area contributed by atoms with Crippen LogP contribution in [0.15, 0.2) is 48.7 Å². The number of ether oxygens (including phenoxy) is 1. The van der Waals surface area contributed by atoms with Gasteiger partial charge in [0.25, 0.3) is 5.91 Å². The molecule has 3 rings (SSSR count). The van der Waals surface area contributed by atoms with E-state index in [1.165, 1.54) is 5.56 Å². The highest BCUT2D eigenvalue weighted by molar-refractivity contribution is 5.92. The highest BCUT2D eigenvalue weighted by Gasteiger charge is 2.32. The number of nitrogens with zero attached hydrogens (tertiary/aromatic N) is 2. The normalized spacial score (nSPS) is 20.8. The van der Waals surface area contributed by atoms with Gasteiger partial charge in [0.05, 0.1) is 6.10 Å². The van der Waals surface area contributed by atoms with E-state index in [9.17, 15) is 4.79 Å². The number of rotatable bonds is 4. The Morgan fingerprint density at radius 1 is 1.29 bits per heavy atom. The third-order valence-corrected chi connectivity index (χ3v) is 4.73. The van der Waals surface area contributed by atoms with Crippen LogP contribution in [0.25, 0.3) is 0 Å². The van der Waals surface area contributed by atoms with Crippen molar-refractivity contribution in [2.45, 2.75) is 25.9 Å². The summed E-state index contributed by atoms with van der Waals surface area (Å²) in [5.74, 6) is 0.325. The average molecular weight is 324 g/mol. The van der Waals surface area contributed by atoms with Crippen molar-refractivity contribution >= 4 is 5.91 Å². The molecule has 1 amide bonds. The second kappa shape index (κ2) is 7.58. The Labute approximate surface area is 143 Å². The predicted molar refractivity (Wildman–Crippen MR) is 93.9 cm³/mol. The molecule has 1 aromatic heterocycles. The lowest BCUT2D eigenvalue weighted by Crippen LogP contribution is -2.47. The zero-order chi connectivity index (χ0) is 16.9. The van der Waals surface area contributed by atoms with Gasteiger partial charge in [0, 0.05) is 32.3 Å². The molecule has 2 atom stereocenters. The quantitative estimate of drug-likeness (QED) is 0.868. The maximum absolute atomic E-state index is 12.8. The van der Waals surface area contributed by atoms with Crippen LogP contribution in [0.4, 0.5) is 0 Å². The third-order valence-electron chi connectivity index (χ3n) is 4.73. The summed E-state index contributed by atoms with van der Waals surface area (Å²) < 4.78 is 5.68. The molecule has 0 saturated carbocycles. The molecular formula is C20H24N2O2. The highest BCUT2D eigenvalue weighted by atomic mass is 16.5. The molecule has 0 N–H and O–H groups in total. The first-order valence-corrected chi connectivity index (χ1v) is 8.46. The summed E-state index contributed by atoms with van der Waals surface area (Å²) in [6, 6.07) is 14.2. The molecule has 1 aliphatic heterocycles. The van der Waals surface area contributed by atoms with Crippen LogP contribution in [0.1, 0.15) is 28.0 Å². The molecule has 1 aliphatic rings. The van der Waals surface area contributed by atoms with Crippen molar-refractivity contribution in [2.24, 2.45) is 5.92 Å². The molecule has 1 fully saturated rings. The van der Waals surface area contributed by atoms with Gasteiger partial charge < -0.3 is 9.64 Å². The fraction of sp³-hybridized carbons (Fsp3) is 0.400. The molecule has 2 heterocycles. The second-order valence-electron chi connectivity index (χ2n) is 6.48. The number of aromatic nitrogens is 1. The van der Waals surface area contributed by atoms with Crippen molar-refractivity contribution in [3.8, 4) is 0 Å². The van der Waals surface area contributed by atoms with Crippen molar-refractivity contribution in [1.82, 2.24) is 9.88 Å². The van der Waals surface area contributed by atoms with Gasteiger partial charge in [0.2, 0.25) is 0 Å². The molecule has 4 heteroatoms. The number of hydrogen-bond donors (Lipinski definition) is 0. The van der Waals surface area contributed by atoms with Crippen molar-refractivity contribution < 1.29 is 9.53 Å². The summed E-state index contributed by atoms with van der Waals surface area (Å²) in [4.78, 5) is 18.9. The Hall–Kier alpha value is -2.20. The smallest absolute Gasteiger partial charge is 0.272 e. The zero-order valence-electron chi connectivity index (χ0n) is 14.3. The fourth-order valence-corrected chi connectivity index (χ4v) is 3.43. The van der Waals surface area contributed by atoms with Crippen LogP contribution in [-0.2, 0) is 11.2 Å². The van der Waals surface area contributed by atoms with Crippen LogP contribution >= 0.6 is 0 Å². The molecule has 24 heavy (non-hydrogen) atoms. The minimum absolute atomic E-state index is 0.0197. The van der Waals surface area contributed by atoms with Crippen LogP contribution < -0.4 is 0 Å². The molecule has 0 spiro atoms. The van der Waals surface area contributed by atoms with E-state index in [2.05, 4.69) is 29.2 Å². The minimum atomic E-state index is 0.0197. The molecule has 126 valence electrons. The van der Waals surface area contributed by atoms with Crippen LogP contribution in [0.5, 0.6) is 0 Å². The van der Waals surface area contributed by atoms with E-state index < -0.39 is 0 Å². The molecule has 4 nitrogen and oxygen atoms in total. The Morgan fingerprint density at radius 2 is 2.08 bits per heavy atom. The van der Waals surface area contributed by atoms with Gasteiger partial charge in [-0.2, -0.15) is 0 Å². The lowest BCUT2D eigenvalue weighted by Gasteiger charge is -2.38. The SMILES string of the molecule is CO[C@H]1CCN(C(=O)c2cc(C)ccn2)C[C@H]1Cc1ccccc1. The van der Waals surface area contributed by atoms with Gasteiger partial charge in [-0.15, -0.1) is 0 Å². The number of hydrogen-bond acceptors (Lipinski definition) is 3. The molecule has 0 aliphatic carbocycles. The van der Waals surface area contributed by atoms with E-state index in [4.69, 9.17) is 4.74 Å². The Balaban J connectivity index is 1.73. The molecule has 0 unspecified atom stereocenters. The van der Waals surface area contributed by atoms with Crippen molar-refractivity contribution in [3.63, 3.8) is 0 Å². The van der Waals surface area contributed by atoms with E-state index in [1.807, 2.05) is 30.0 Å². The lowest BCUT2D eigenvalue weighted by atomic mass is 9.88. The number of carbonyl (C=O) groups excluding carboxylic acids is 1. The predicted octanol–water partition coefficient (Wildman–Crippen LogP) is 3.11. The average Bonchev–Trinajstić information content (AvgIpc) is 2.62. The monoisotopic (exact) mass is 324 g/mol. The van der Waals surface area contributed by atoms with Gasteiger partial charge in [-0.1, -0.05) is 30.3 Å². The third kappa shape index (κ3) is 3.82. The largest absolute Gasteiger partial charge is 0.381 e. The molecule has 0 radical (unpaired) electrons. The number of likely N-dealkylation sites (tertiary alicyclic amines) is 1. The number of pyridine rings is 1. The summed E-state index contributed by atoms with van der Waals surface area (Å²) in [6.07, 6.45) is 3.68. The summed E-state index contributed by atoms with van der Waals surface area (Å²) in [5, 5.41) is 0.